The molecule has 2 aromatic rings. The SMILES string of the molecule is CC[C@@H](C)[C@@H](C(=O)N(CCc1ccc(Cl)c(Cl)c1)C(=O)NCc1ccc(N)nc1)N(C)C(=O)OC(C)(C)C. The summed E-state index contributed by atoms with van der Waals surface area (Å²) in [5.74, 6) is -0.401. The van der Waals surface area contributed by atoms with Crippen LogP contribution in [0.2, 0.25) is 10.0 Å². The van der Waals surface area contributed by atoms with Gasteiger partial charge in [-0.3, -0.25) is 14.6 Å². The van der Waals surface area contributed by atoms with Crippen LogP contribution < -0.4 is 11.1 Å². The zero-order chi connectivity index (χ0) is 28.6. The van der Waals surface area contributed by atoms with Crippen LogP contribution in [0.25, 0.3) is 0 Å². The minimum absolute atomic E-state index is 0.0533. The van der Waals surface area contributed by atoms with Crippen molar-refractivity contribution in [3.05, 3.63) is 57.7 Å². The fourth-order valence-corrected chi connectivity index (χ4v) is 4.00. The molecule has 38 heavy (non-hydrogen) atoms. The topological polar surface area (TPSA) is 118 Å². The summed E-state index contributed by atoms with van der Waals surface area (Å²) in [5, 5.41) is 3.57. The summed E-state index contributed by atoms with van der Waals surface area (Å²) in [6.07, 6.45) is 1.84. The maximum atomic E-state index is 13.9. The van der Waals surface area contributed by atoms with E-state index in [4.69, 9.17) is 33.7 Å². The van der Waals surface area contributed by atoms with E-state index in [1.54, 1.807) is 57.3 Å². The first-order valence-corrected chi connectivity index (χ1v) is 13.2. The molecule has 0 aliphatic heterocycles. The van der Waals surface area contributed by atoms with Crippen LogP contribution in [-0.2, 0) is 22.5 Å². The molecule has 0 spiro atoms. The number of amides is 4. The predicted molar refractivity (Wildman–Crippen MR) is 150 cm³/mol. The van der Waals surface area contributed by atoms with Crippen molar-refractivity contribution in [1.29, 1.82) is 0 Å². The van der Waals surface area contributed by atoms with E-state index >= 15 is 0 Å². The Bertz CT molecular complexity index is 1120. The second-order valence-corrected chi connectivity index (χ2v) is 11.0. The number of nitrogens with one attached hydrogen (secondary N) is 1. The highest BCUT2D eigenvalue weighted by Gasteiger charge is 2.38. The second kappa shape index (κ2) is 13.7. The molecule has 4 amide bonds. The number of halogens is 2. The van der Waals surface area contributed by atoms with Crippen molar-refractivity contribution in [2.45, 2.75) is 65.6 Å². The Morgan fingerprint density at radius 2 is 1.76 bits per heavy atom. The lowest BCUT2D eigenvalue weighted by atomic mass is 9.96. The zero-order valence-corrected chi connectivity index (χ0v) is 24.3. The summed E-state index contributed by atoms with van der Waals surface area (Å²) in [4.78, 5) is 46.6. The van der Waals surface area contributed by atoms with Crippen molar-refractivity contribution in [3.63, 3.8) is 0 Å². The van der Waals surface area contributed by atoms with Crippen molar-refractivity contribution in [3.8, 4) is 0 Å². The van der Waals surface area contributed by atoms with E-state index in [1.807, 2.05) is 13.8 Å². The van der Waals surface area contributed by atoms with Crippen LogP contribution in [0.5, 0.6) is 0 Å². The van der Waals surface area contributed by atoms with Gasteiger partial charge < -0.3 is 15.8 Å². The normalized spacial score (nSPS) is 12.8. The molecule has 208 valence electrons. The molecule has 2 atom stereocenters. The zero-order valence-electron chi connectivity index (χ0n) is 22.8. The van der Waals surface area contributed by atoms with Gasteiger partial charge >= 0.3 is 12.1 Å². The van der Waals surface area contributed by atoms with E-state index < -0.39 is 29.7 Å². The molecule has 0 saturated heterocycles. The van der Waals surface area contributed by atoms with Gasteiger partial charge in [-0.05, 0) is 62.4 Å². The fourth-order valence-electron chi connectivity index (χ4n) is 3.68. The van der Waals surface area contributed by atoms with Gasteiger partial charge in [0.2, 0.25) is 0 Å². The number of anilines is 1. The van der Waals surface area contributed by atoms with Gasteiger partial charge in [0.25, 0.3) is 5.91 Å². The Balaban J connectivity index is 2.33. The molecule has 0 fully saturated rings. The Kier molecular flexibility index (Phi) is 11.2. The van der Waals surface area contributed by atoms with Crippen molar-refractivity contribution in [2.75, 3.05) is 19.3 Å². The molecule has 0 aliphatic carbocycles. The van der Waals surface area contributed by atoms with Crippen molar-refractivity contribution in [2.24, 2.45) is 5.92 Å². The summed E-state index contributed by atoms with van der Waals surface area (Å²) in [6, 6.07) is 6.99. The summed E-state index contributed by atoms with van der Waals surface area (Å²) in [6.45, 7) is 9.22. The molecule has 1 aromatic heterocycles. The van der Waals surface area contributed by atoms with Crippen LogP contribution in [0, 0.1) is 5.92 Å². The second-order valence-electron chi connectivity index (χ2n) is 10.2. The molecule has 11 heteroatoms. The highest BCUT2D eigenvalue weighted by atomic mass is 35.5. The molecular formula is C27H37Cl2N5O4. The summed E-state index contributed by atoms with van der Waals surface area (Å²) < 4.78 is 5.51. The largest absolute Gasteiger partial charge is 0.444 e. The lowest BCUT2D eigenvalue weighted by molar-refractivity contribution is -0.135. The maximum absolute atomic E-state index is 13.9. The molecule has 0 radical (unpaired) electrons. The minimum atomic E-state index is -0.924. The molecule has 0 saturated carbocycles. The third kappa shape index (κ3) is 9.06. The highest BCUT2D eigenvalue weighted by Crippen LogP contribution is 2.24. The number of hydrogen-bond donors (Lipinski definition) is 2. The van der Waals surface area contributed by atoms with Gasteiger partial charge in [-0.2, -0.15) is 0 Å². The van der Waals surface area contributed by atoms with Crippen LogP contribution in [-0.4, -0.2) is 58.1 Å². The number of nitrogens with zero attached hydrogens (tertiary/aromatic N) is 3. The lowest BCUT2D eigenvalue weighted by Gasteiger charge is -2.35. The van der Waals surface area contributed by atoms with Crippen LogP contribution in [0.3, 0.4) is 0 Å². The van der Waals surface area contributed by atoms with E-state index in [2.05, 4.69) is 10.3 Å². The number of pyridine rings is 1. The van der Waals surface area contributed by atoms with Crippen LogP contribution >= 0.6 is 23.2 Å². The molecule has 0 aliphatic rings. The summed E-state index contributed by atoms with van der Waals surface area (Å²) in [7, 11) is 1.51. The number of urea groups is 1. The average Bonchev–Trinajstić information content (AvgIpc) is 2.84. The first kappa shape index (κ1) is 31.2. The fraction of sp³-hybridized carbons (Fsp3) is 0.481. The molecule has 2 rings (SSSR count). The number of likely N-dealkylation sites (N-methyl/N-ethyl adjacent to an activating group) is 1. The lowest BCUT2D eigenvalue weighted by Crippen LogP contribution is -2.56. The number of rotatable bonds is 9. The van der Waals surface area contributed by atoms with E-state index in [1.165, 1.54) is 11.9 Å². The summed E-state index contributed by atoms with van der Waals surface area (Å²) in [5.41, 5.74) is 6.41. The van der Waals surface area contributed by atoms with E-state index in [9.17, 15) is 14.4 Å². The third-order valence-corrected chi connectivity index (χ3v) is 6.68. The Hall–Kier alpha value is -3.04. The number of carbonyl (C=O) groups excluding carboxylic acids is 3. The van der Waals surface area contributed by atoms with Crippen molar-refractivity contribution < 1.29 is 19.1 Å². The van der Waals surface area contributed by atoms with E-state index in [0.717, 1.165) is 10.5 Å². The van der Waals surface area contributed by atoms with Gasteiger partial charge in [-0.15, -0.1) is 0 Å². The first-order valence-electron chi connectivity index (χ1n) is 12.4. The Labute approximate surface area is 234 Å². The standard InChI is InChI=1S/C27H37Cl2N5O4/c1-7-17(2)23(33(6)26(37)38-27(3,4)5)24(35)34(13-12-18-8-10-20(28)21(29)14-18)25(36)32-16-19-9-11-22(30)31-15-19/h8-11,14-15,17,23H,7,12-13,16H2,1-6H3,(H2,30,31)(H,32,36)/t17-,23+/m1/s1. The van der Waals surface area contributed by atoms with Gasteiger partial charge in [0, 0.05) is 26.3 Å². The van der Waals surface area contributed by atoms with E-state index in [-0.39, 0.29) is 19.0 Å². The predicted octanol–water partition coefficient (Wildman–Crippen LogP) is 5.53. The number of nitrogen functional groups attached to an aromatic ring is 1. The number of aromatic nitrogens is 1. The number of ether oxygens (including phenoxy) is 1. The number of carbonyl (C=O) groups is 3. The van der Waals surface area contributed by atoms with Gasteiger partial charge in [0.15, 0.2) is 0 Å². The highest BCUT2D eigenvalue weighted by molar-refractivity contribution is 6.42. The molecule has 3 N–H and O–H groups in total. The third-order valence-electron chi connectivity index (χ3n) is 5.95. The van der Waals surface area contributed by atoms with E-state index in [0.29, 0.717) is 34.3 Å². The Morgan fingerprint density at radius 3 is 2.32 bits per heavy atom. The molecular weight excluding hydrogens is 529 g/mol. The molecule has 1 heterocycles. The number of benzene rings is 1. The maximum Gasteiger partial charge on any atom is 0.410 e. The van der Waals surface area contributed by atoms with Crippen LogP contribution in [0.4, 0.5) is 15.4 Å². The van der Waals surface area contributed by atoms with Crippen molar-refractivity contribution in [1.82, 2.24) is 20.1 Å². The monoisotopic (exact) mass is 565 g/mol. The average molecular weight is 567 g/mol. The van der Waals surface area contributed by atoms with Gasteiger partial charge in [-0.25, -0.2) is 14.6 Å². The first-order chi connectivity index (χ1) is 17.7. The number of imide groups is 1. The van der Waals surface area contributed by atoms with Gasteiger partial charge in [0.05, 0.1) is 10.0 Å². The molecule has 0 bridgehead atoms. The smallest absolute Gasteiger partial charge is 0.410 e. The van der Waals surface area contributed by atoms with Crippen molar-refractivity contribution >= 4 is 47.1 Å². The van der Waals surface area contributed by atoms with Gasteiger partial charge in [-0.1, -0.05) is 55.6 Å². The molecule has 0 unspecified atom stereocenters. The molecule has 1 aromatic carbocycles. The van der Waals surface area contributed by atoms with Crippen LogP contribution in [0.15, 0.2) is 36.5 Å². The van der Waals surface area contributed by atoms with Gasteiger partial charge in [0.1, 0.15) is 17.5 Å². The number of nitrogens with two attached hydrogens (primary N) is 1. The van der Waals surface area contributed by atoms with Crippen LogP contribution in [0.1, 0.15) is 52.2 Å². The minimum Gasteiger partial charge on any atom is -0.444 e. The summed E-state index contributed by atoms with van der Waals surface area (Å²) >= 11 is 12.2. The number of hydrogen-bond acceptors (Lipinski definition) is 6. The quantitative estimate of drug-likeness (QED) is 0.412. The Morgan fingerprint density at radius 1 is 1.11 bits per heavy atom. The molecule has 9 nitrogen and oxygen atoms in total.